The van der Waals surface area contributed by atoms with E-state index in [0.717, 1.165) is 16.9 Å². The third kappa shape index (κ3) is 2.82. The van der Waals surface area contributed by atoms with Gasteiger partial charge in [-0.25, -0.2) is 0 Å². The van der Waals surface area contributed by atoms with Crippen LogP contribution in [0.1, 0.15) is 11.1 Å². The average Bonchev–Trinajstić information content (AvgIpc) is 2.16. The molecule has 0 spiro atoms. The largest absolute Gasteiger partial charge is 0.496 e. The Morgan fingerprint density at radius 3 is 2.71 bits per heavy atom. The molecule has 14 heavy (non-hydrogen) atoms. The number of hydrogen-bond donors (Lipinski definition) is 1. The molecule has 78 valence electrons. The van der Waals surface area contributed by atoms with E-state index < -0.39 is 10.8 Å². The Morgan fingerprint density at radius 1 is 1.50 bits per heavy atom. The molecule has 0 aliphatic heterocycles. The molecular weight excluding hydrogens is 198 g/mol. The Hall–Kier alpha value is -0.870. The molecule has 0 saturated heterocycles. The van der Waals surface area contributed by atoms with Crippen molar-refractivity contribution in [1.29, 1.82) is 0 Å². The van der Waals surface area contributed by atoms with Gasteiger partial charge in [-0.3, -0.25) is 4.21 Å². The summed E-state index contributed by atoms with van der Waals surface area (Å²) in [6.07, 6.45) is 1.68. The van der Waals surface area contributed by atoms with Crippen molar-refractivity contribution in [2.75, 3.05) is 13.4 Å². The van der Waals surface area contributed by atoms with Gasteiger partial charge in [-0.05, 0) is 17.7 Å². The van der Waals surface area contributed by atoms with Crippen LogP contribution in [0.25, 0.3) is 0 Å². The number of rotatable bonds is 4. The molecule has 1 atom stereocenters. The predicted octanol–water partition coefficient (Wildman–Crippen LogP) is 1.03. The third-order valence-electron chi connectivity index (χ3n) is 1.94. The maximum atomic E-state index is 11.1. The Morgan fingerprint density at radius 2 is 2.21 bits per heavy atom. The summed E-state index contributed by atoms with van der Waals surface area (Å²) in [6, 6.07) is 5.73. The zero-order chi connectivity index (χ0) is 10.6. The molecule has 0 fully saturated rings. The SMILES string of the molecule is COc1ccc(CN)cc1CS(C)=O. The highest BCUT2D eigenvalue weighted by Gasteiger charge is 2.05. The van der Waals surface area contributed by atoms with Gasteiger partial charge < -0.3 is 10.5 Å². The fourth-order valence-electron chi connectivity index (χ4n) is 1.29. The molecule has 1 unspecified atom stereocenters. The first-order valence-electron chi connectivity index (χ1n) is 4.33. The number of nitrogens with two attached hydrogens (primary N) is 1. The Labute approximate surface area is 86.7 Å². The summed E-state index contributed by atoms with van der Waals surface area (Å²) in [5.41, 5.74) is 7.51. The van der Waals surface area contributed by atoms with Crippen molar-refractivity contribution in [1.82, 2.24) is 0 Å². The number of ether oxygens (including phenoxy) is 1. The van der Waals surface area contributed by atoms with E-state index in [4.69, 9.17) is 10.5 Å². The molecule has 1 aromatic carbocycles. The van der Waals surface area contributed by atoms with Crippen LogP contribution in [0.4, 0.5) is 0 Å². The monoisotopic (exact) mass is 213 g/mol. The maximum Gasteiger partial charge on any atom is 0.123 e. The highest BCUT2D eigenvalue weighted by atomic mass is 32.2. The van der Waals surface area contributed by atoms with Gasteiger partial charge in [-0.1, -0.05) is 6.07 Å². The number of methoxy groups -OCH3 is 1. The van der Waals surface area contributed by atoms with Crippen LogP contribution >= 0.6 is 0 Å². The lowest BCUT2D eigenvalue weighted by molar-refractivity contribution is 0.411. The normalized spacial score (nSPS) is 12.5. The minimum atomic E-state index is -0.859. The standard InChI is InChI=1S/C10H15NO2S/c1-13-10-4-3-8(6-11)5-9(10)7-14(2)12/h3-5H,6-7,11H2,1-2H3. The Balaban J connectivity index is 3.01. The molecule has 0 aliphatic rings. The first-order chi connectivity index (χ1) is 6.67. The molecule has 0 aromatic heterocycles. The van der Waals surface area contributed by atoms with Gasteiger partial charge in [-0.2, -0.15) is 0 Å². The highest BCUT2D eigenvalue weighted by molar-refractivity contribution is 7.83. The van der Waals surface area contributed by atoms with Crippen LogP contribution in [0.15, 0.2) is 18.2 Å². The van der Waals surface area contributed by atoms with Crippen molar-refractivity contribution < 1.29 is 8.95 Å². The van der Waals surface area contributed by atoms with Gasteiger partial charge in [0, 0.05) is 29.2 Å². The second-order valence-corrected chi connectivity index (χ2v) is 4.50. The van der Waals surface area contributed by atoms with Gasteiger partial charge in [0.15, 0.2) is 0 Å². The minimum absolute atomic E-state index is 0.493. The fraction of sp³-hybridized carbons (Fsp3) is 0.400. The zero-order valence-corrected chi connectivity index (χ0v) is 9.26. The zero-order valence-electron chi connectivity index (χ0n) is 8.45. The van der Waals surface area contributed by atoms with E-state index in [1.54, 1.807) is 13.4 Å². The van der Waals surface area contributed by atoms with Gasteiger partial charge in [0.25, 0.3) is 0 Å². The van der Waals surface area contributed by atoms with E-state index in [1.807, 2.05) is 18.2 Å². The van der Waals surface area contributed by atoms with E-state index >= 15 is 0 Å². The third-order valence-corrected chi connectivity index (χ3v) is 2.66. The van der Waals surface area contributed by atoms with Gasteiger partial charge >= 0.3 is 0 Å². The summed E-state index contributed by atoms with van der Waals surface area (Å²) < 4.78 is 16.3. The van der Waals surface area contributed by atoms with Crippen LogP contribution in [0, 0.1) is 0 Å². The smallest absolute Gasteiger partial charge is 0.123 e. The molecule has 0 aliphatic carbocycles. The Bertz CT molecular complexity index is 339. The number of hydrogen-bond acceptors (Lipinski definition) is 3. The molecular formula is C10H15NO2S. The van der Waals surface area contributed by atoms with Crippen LogP contribution < -0.4 is 10.5 Å². The molecule has 4 heteroatoms. The van der Waals surface area contributed by atoms with Gasteiger partial charge in [0.2, 0.25) is 0 Å². The lowest BCUT2D eigenvalue weighted by Gasteiger charge is -2.08. The molecule has 0 amide bonds. The summed E-state index contributed by atoms with van der Waals surface area (Å²) in [6.45, 7) is 0.493. The van der Waals surface area contributed by atoms with Crippen molar-refractivity contribution >= 4 is 10.8 Å². The molecule has 0 heterocycles. The van der Waals surface area contributed by atoms with E-state index in [2.05, 4.69) is 0 Å². The van der Waals surface area contributed by atoms with Gasteiger partial charge in [0.05, 0.1) is 12.9 Å². The van der Waals surface area contributed by atoms with Crippen LogP contribution in [-0.4, -0.2) is 17.6 Å². The van der Waals surface area contributed by atoms with Crippen molar-refractivity contribution in [2.45, 2.75) is 12.3 Å². The van der Waals surface area contributed by atoms with Gasteiger partial charge in [0.1, 0.15) is 5.75 Å². The average molecular weight is 213 g/mol. The Kier molecular flexibility index (Phi) is 4.10. The molecule has 2 N–H and O–H groups in total. The van der Waals surface area contributed by atoms with Crippen molar-refractivity contribution in [3.8, 4) is 5.75 Å². The number of benzene rings is 1. The lowest BCUT2D eigenvalue weighted by Crippen LogP contribution is -2.01. The van der Waals surface area contributed by atoms with Crippen LogP contribution in [-0.2, 0) is 23.1 Å². The molecule has 0 saturated carbocycles. The van der Waals surface area contributed by atoms with E-state index in [1.165, 1.54) is 0 Å². The topological polar surface area (TPSA) is 52.3 Å². The molecule has 3 nitrogen and oxygen atoms in total. The van der Waals surface area contributed by atoms with Crippen molar-refractivity contribution in [3.05, 3.63) is 29.3 Å². The van der Waals surface area contributed by atoms with Crippen molar-refractivity contribution in [3.63, 3.8) is 0 Å². The molecule has 0 radical (unpaired) electrons. The van der Waals surface area contributed by atoms with Crippen molar-refractivity contribution in [2.24, 2.45) is 5.73 Å². The summed E-state index contributed by atoms with van der Waals surface area (Å²) in [7, 11) is 0.751. The predicted molar refractivity (Wildman–Crippen MR) is 58.7 cm³/mol. The van der Waals surface area contributed by atoms with Crippen LogP contribution in [0.3, 0.4) is 0 Å². The van der Waals surface area contributed by atoms with Crippen LogP contribution in [0.5, 0.6) is 5.75 Å². The van der Waals surface area contributed by atoms with E-state index in [-0.39, 0.29) is 0 Å². The van der Waals surface area contributed by atoms with Gasteiger partial charge in [-0.15, -0.1) is 0 Å². The maximum absolute atomic E-state index is 11.1. The quantitative estimate of drug-likeness (QED) is 0.812. The second-order valence-electron chi connectivity index (χ2n) is 3.07. The second kappa shape index (κ2) is 5.12. The highest BCUT2D eigenvalue weighted by Crippen LogP contribution is 2.20. The minimum Gasteiger partial charge on any atom is -0.496 e. The molecule has 0 bridgehead atoms. The van der Waals surface area contributed by atoms with E-state index in [0.29, 0.717) is 12.3 Å². The first kappa shape index (κ1) is 11.2. The summed E-state index contributed by atoms with van der Waals surface area (Å²) in [4.78, 5) is 0. The summed E-state index contributed by atoms with van der Waals surface area (Å²) >= 11 is 0. The molecule has 1 rings (SSSR count). The van der Waals surface area contributed by atoms with Crippen LogP contribution in [0.2, 0.25) is 0 Å². The lowest BCUT2D eigenvalue weighted by atomic mass is 10.1. The molecule has 1 aromatic rings. The van der Waals surface area contributed by atoms with E-state index in [9.17, 15) is 4.21 Å². The first-order valence-corrected chi connectivity index (χ1v) is 6.06. The summed E-state index contributed by atoms with van der Waals surface area (Å²) in [5.74, 6) is 1.29. The summed E-state index contributed by atoms with van der Waals surface area (Å²) in [5, 5.41) is 0. The fourth-order valence-corrected chi connectivity index (χ4v) is 1.95.